The molecule has 0 fully saturated rings. The van der Waals surface area contributed by atoms with Gasteiger partial charge in [-0.15, -0.1) is 11.3 Å². The van der Waals surface area contributed by atoms with Crippen molar-refractivity contribution in [2.75, 3.05) is 5.32 Å². The van der Waals surface area contributed by atoms with Crippen molar-refractivity contribution >= 4 is 17.0 Å². The Bertz CT molecular complexity index is 494. The maximum atomic E-state index is 13.3. The van der Waals surface area contributed by atoms with Gasteiger partial charge in [0.05, 0.1) is 5.69 Å². The first kappa shape index (κ1) is 11.1. The van der Waals surface area contributed by atoms with Crippen LogP contribution in [-0.4, -0.2) is 0 Å². The minimum atomic E-state index is -0.439. The second-order valence-electron chi connectivity index (χ2n) is 3.49. The molecule has 0 unspecified atom stereocenters. The Morgan fingerprint density at radius 2 is 2.00 bits per heavy atom. The van der Waals surface area contributed by atoms with Crippen molar-refractivity contribution in [1.29, 1.82) is 0 Å². The predicted molar refractivity (Wildman–Crippen MR) is 62.7 cm³/mol. The van der Waals surface area contributed by atoms with Crippen LogP contribution in [0.4, 0.5) is 14.5 Å². The van der Waals surface area contributed by atoms with E-state index in [0.717, 1.165) is 23.1 Å². The predicted octanol–water partition coefficient (Wildman–Crippen LogP) is 3.95. The minimum Gasteiger partial charge on any atom is -0.378 e. The molecular weight excluding hydrogens is 228 g/mol. The van der Waals surface area contributed by atoms with Crippen LogP contribution in [-0.2, 0) is 6.54 Å². The molecule has 16 heavy (non-hydrogen) atoms. The number of rotatable bonds is 3. The highest BCUT2D eigenvalue weighted by Crippen LogP contribution is 2.19. The van der Waals surface area contributed by atoms with Gasteiger partial charge in [0.2, 0.25) is 0 Å². The second kappa shape index (κ2) is 4.61. The number of thiophene rings is 1. The van der Waals surface area contributed by atoms with Crippen molar-refractivity contribution in [2.45, 2.75) is 13.5 Å². The number of halogens is 2. The third-order valence-corrected chi connectivity index (χ3v) is 3.18. The van der Waals surface area contributed by atoms with Crippen LogP contribution in [0.2, 0.25) is 0 Å². The summed E-state index contributed by atoms with van der Waals surface area (Å²) in [7, 11) is 0. The normalized spacial score (nSPS) is 10.4. The van der Waals surface area contributed by atoms with Crippen LogP contribution in [0.25, 0.3) is 0 Å². The minimum absolute atomic E-state index is 0.200. The summed E-state index contributed by atoms with van der Waals surface area (Å²) in [5, 5.41) is 2.88. The second-order valence-corrected chi connectivity index (χ2v) is 4.86. The summed E-state index contributed by atoms with van der Waals surface area (Å²) in [4.78, 5) is 2.30. The van der Waals surface area contributed by atoms with Crippen molar-refractivity contribution in [3.8, 4) is 0 Å². The van der Waals surface area contributed by atoms with E-state index in [1.165, 1.54) is 4.88 Å². The first-order valence-electron chi connectivity index (χ1n) is 4.89. The van der Waals surface area contributed by atoms with Crippen molar-refractivity contribution in [3.05, 3.63) is 51.7 Å². The highest BCUT2D eigenvalue weighted by Gasteiger charge is 2.03. The van der Waals surface area contributed by atoms with Gasteiger partial charge in [-0.05, 0) is 37.3 Å². The van der Waals surface area contributed by atoms with Gasteiger partial charge in [0.25, 0.3) is 0 Å². The Kier molecular flexibility index (Phi) is 3.19. The molecule has 2 rings (SSSR count). The van der Waals surface area contributed by atoms with E-state index in [0.29, 0.717) is 6.54 Å². The lowest BCUT2D eigenvalue weighted by atomic mass is 10.3. The smallest absolute Gasteiger partial charge is 0.146 e. The van der Waals surface area contributed by atoms with Crippen molar-refractivity contribution in [2.24, 2.45) is 0 Å². The van der Waals surface area contributed by atoms with Crippen LogP contribution in [0, 0.1) is 18.6 Å². The summed E-state index contributed by atoms with van der Waals surface area (Å²) in [6.45, 7) is 2.52. The fraction of sp³-hybridized carbons (Fsp3) is 0.167. The third kappa shape index (κ3) is 2.58. The van der Waals surface area contributed by atoms with E-state index in [4.69, 9.17) is 0 Å². The van der Waals surface area contributed by atoms with Crippen LogP contribution in [0.1, 0.15) is 9.75 Å². The molecule has 4 heteroatoms. The molecule has 0 atom stereocenters. The van der Waals surface area contributed by atoms with Crippen LogP contribution >= 0.6 is 11.3 Å². The number of hydrogen-bond donors (Lipinski definition) is 1. The van der Waals surface area contributed by atoms with E-state index in [2.05, 4.69) is 5.32 Å². The molecule has 0 radical (unpaired) electrons. The SMILES string of the molecule is Cc1ccc(CNc2cc(F)ccc2F)s1. The van der Waals surface area contributed by atoms with Gasteiger partial charge < -0.3 is 5.32 Å². The lowest BCUT2D eigenvalue weighted by Crippen LogP contribution is -2.00. The Morgan fingerprint density at radius 3 is 2.69 bits per heavy atom. The third-order valence-electron chi connectivity index (χ3n) is 2.18. The van der Waals surface area contributed by atoms with E-state index >= 15 is 0 Å². The van der Waals surface area contributed by atoms with Crippen LogP contribution in [0.15, 0.2) is 30.3 Å². The highest BCUT2D eigenvalue weighted by molar-refractivity contribution is 7.11. The molecule has 0 aliphatic carbocycles. The molecule has 0 aliphatic heterocycles. The first-order valence-corrected chi connectivity index (χ1v) is 5.71. The quantitative estimate of drug-likeness (QED) is 0.855. The average molecular weight is 239 g/mol. The zero-order valence-corrected chi connectivity index (χ0v) is 9.57. The fourth-order valence-electron chi connectivity index (χ4n) is 1.40. The van der Waals surface area contributed by atoms with Crippen molar-refractivity contribution in [3.63, 3.8) is 0 Å². The number of aryl methyl sites for hydroxylation is 1. The molecule has 1 aromatic heterocycles. The van der Waals surface area contributed by atoms with Crippen LogP contribution < -0.4 is 5.32 Å². The summed E-state index contributed by atoms with van der Waals surface area (Å²) in [5.74, 6) is -0.874. The Balaban J connectivity index is 2.07. The molecule has 1 heterocycles. The van der Waals surface area contributed by atoms with Crippen LogP contribution in [0.5, 0.6) is 0 Å². The fourth-order valence-corrected chi connectivity index (χ4v) is 2.23. The summed E-state index contributed by atoms with van der Waals surface area (Å²) < 4.78 is 26.1. The molecule has 1 N–H and O–H groups in total. The maximum absolute atomic E-state index is 13.3. The number of anilines is 1. The summed E-state index contributed by atoms with van der Waals surface area (Å²) in [6.07, 6.45) is 0. The first-order chi connectivity index (χ1) is 7.65. The summed E-state index contributed by atoms with van der Waals surface area (Å²) in [5.41, 5.74) is 0.200. The van der Waals surface area contributed by atoms with Crippen LogP contribution in [0.3, 0.4) is 0 Å². The van der Waals surface area contributed by atoms with Gasteiger partial charge in [0, 0.05) is 16.3 Å². The average Bonchev–Trinajstić information content (AvgIpc) is 2.66. The lowest BCUT2D eigenvalue weighted by Gasteiger charge is -2.05. The number of hydrogen-bond acceptors (Lipinski definition) is 2. The number of benzene rings is 1. The molecule has 0 bridgehead atoms. The van der Waals surface area contributed by atoms with Gasteiger partial charge in [-0.25, -0.2) is 8.78 Å². The molecule has 0 saturated heterocycles. The van der Waals surface area contributed by atoms with E-state index in [1.807, 2.05) is 19.1 Å². The van der Waals surface area contributed by atoms with E-state index in [1.54, 1.807) is 11.3 Å². The van der Waals surface area contributed by atoms with Gasteiger partial charge in [-0.3, -0.25) is 0 Å². The van der Waals surface area contributed by atoms with E-state index in [9.17, 15) is 8.78 Å². The Labute approximate surface area is 96.7 Å². The molecule has 0 spiro atoms. The summed E-state index contributed by atoms with van der Waals surface area (Å²) >= 11 is 1.64. The standard InChI is InChI=1S/C12H11F2NS/c1-8-2-4-10(16-8)7-15-12-6-9(13)3-5-11(12)14/h2-6,15H,7H2,1H3. The van der Waals surface area contributed by atoms with Crippen molar-refractivity contribution in [1.82, 2.24) is 0 Å². The van der Waals surface area contributed by atoms with Gasteiger partial charge in [0.15, 0.2) is 0 Å². The summed E-state index contributed by atoms with van der Waals surface area (Å²) in [6, 6.07) is 7.37. The molecule has 0 saturated carbocycles. The van der Waals surface area contributed by atoms with Gasteiger partial charge in [-0.2, -0.15) is 0 Å². The van der Waals surface area contributed by atoms with E-state index < -0.39 is 11.6 Å². The molecular formula is C12H11F2NS. The highest BCUT2D eigenvalue weighted by atomic mass is 32.1. The molecule has 0 aliphatic rings. The Morgan fingerprint density at radius 1 is 1.19 bits per heavy atom. The Hall–Kier alpha value is -1.42. The zero-order chi connectivity index (χ0) is 11.5. The maximum Gasteiger partial charge on any atom is 0.146 e. The van der Waals surface area contributed by atoms with Gasteiger partial charge in [-0.1, -0.05) is 0 Å². The monoisotopic (exact) mass is 239 g/mol. The molecule has 1 nitrogen and oxygen atoms in total. The zero-order valence-electron chi connectivity index (χ0n) is 8.76. The van der Waals surface area contributed by atoms with Crippen molar-refractivity contribution < 1.29 is 8.78 Å². The largest absolute Gasteiger partial charge is 0.378 e. The molecule has 2 aromatic rings. The van der Waals surface area contributed by atoms with Gasteiger partial charge in [0.1, 0.15) is 11.6 Å². The number of nitrogens with one attached hydrogen (secondary N) is 1. The van der Waals surface area contributed by atoms with Gasteiger partial charge >= 0.3 is 0 Å². The molecule has 0 amide bonds. The lowest BCUT2D eigenvalue weighted by molar-refractivity contribution is 0.602. The van der Waals surface area contributed by atoms with E-state index in [-0.39, 0.29) is 5.69 Å². The molecule has 84 valence electrons. The molecule has 1 aromatic carbocycles. The topological polar surface area (TPSA) is 12.0 Å².